The van der Waals surface area contributed by atoms with Crippen molar-refractivity contribution in [2.75, 3.05) is 0 Å². The number of carbonyl (C=O) groups excluding carboxylic acids is 1. The maximum atomic E-state index is 12.8. The summed E-state index contributed by atoms with van der Waals surface area (Å²) in [5.74, 6) is -0.601. The van der Waals surface area contributed by atoms with E-state index in [2.05, 4.69) is 5.32 Å². The first-order valence-electron chi connectivity index (χ1n) is 6.74. The Labute approximate surface area is 126 Å². The van der Waals surface area contributed by atoms with Crippen molar-refractivity contribution in [2.45, 2.75) is 19.5 Å². The number of nitro benzene ring substituents is 1. The van der Waals surface area contributed by atoms with Gasteiger partial charge in [-0.1, -0.05) is 18.2 Å². The fourth-order valence-electron chi connectivity index (χ4n) is 2.06. The average molecular weight is 302 g/mol. The number of halogens is 1. The van der Waals surface area contributed by atoms with Gasteiger partial charge in [0.15, 0.2) is 5.78 Å². The minimum absolute atomic E-state index is 0.0106. The molecule has 0 heterocycles. The summed E-state index contributed by atoms with van der Waals surface area (Å²) in [5.41, 5.74) is 0.909. The van der Waals surface area contributed by atoms with Crippen molar-refractivity contribution in [1.29, 1.82) is 0 Å². The van der Waals surface area contributed by atoms with Gasteiger partial charge in [0.2, 0.25) is 0 Å². The zero-order valence-electron chi connectivity index (χ0n) is 12.0. The molecule has 0 spiro atoms. The van der Waals surface area contributed by atoms with Crippen LogP contribution in [-0.4, -0.2) is 16.7 Å². The minimum atomic E-state index is -0.537. The van der Waals surface area contributed by atoms with Crippen LogP contribution in [0.1, 0.15) is 22.8 Å². The van der Waals surface area contributed by atoms with Crippen molar-refractivity contribution < 1.29 is 14.1 Å². The molecule has 0 radical (unpaired) electrons. The Morgan fingerprint density at radius 3 is 2.50 bits per heavy atom. The Morgan fingerprint density at radius 1 is 1.23 bits per heavy atom. The number of nitrogens with one attached hydrogen (secondary N) is 1. The number of hydrogen-bond acceptors (Lipinski definition) is 4. The fourth-order valence-corrected chi connectivity index (χ4v) is 2.06. The Morgan fingerprint density at radius 2 is 1.86 bits per heavy atom. The van der Waals surface area contributed by atoms with Gasteiger partial charge in [-0.15, -0.1) is 0 Å². The van der Waals surface area contributed by atoms with E-state index >= 15 is 0 Å². The molecule has 0 bridgehead atoms. The number of nitrogens with zero attached hydrogens (tertiary/aromatic N) is 1. The highest BCUT2D eigenvalue weighted by Gasteiger charge is 2.17. The maximum absolute atomic E-state index is 12.8. The number of carbonyl (C=O) groups is 1. The predicted molar refractivity (Wildman–Crippen MR) is 80.1 cm³/mol. The van der Waals surface area contributed by atoms with Crippen molar-refractivity contribution in [2.24, 2.45) is 0 Å². The number of para-hydroxylation sites is 1. The van der Waals surface area contributed by atoms with Crippen LogP contribution >= 0.6 is 0 Å². The normalized spacial score (nSPS) is 11.9. The first-order chi connectivity index (χ1) is 10.5. The summed E-state index contributed by atoms with van der Waals surface area (Å²) in [6.07, 6.45) is 0. The first kappa shape index (κ1) is 15.8. The van der Waals surface area contributed by atoms with E-state index in [9.17, 15) is 19.3 Å². The van der Waals surface area contributed by atoms with E-state index in [1.165, 1.54) is 30.3 Å². The molecule has 0 aromatic heterocycles. The molecule has 0 fully saturated rings. The Kier molecular flexibility index (Phi) is 4.95. The maximum Gasteiger partial charge on any atom is 0.273 e. The molecule has 0 aliphatic heterocycles. The van der Waals surface area contributed by atoms with E-state index in [4.69, 9.17) is 0 Å². The van der Waals surface area contributed by atoms with Gasteiger partial charge in [0.1, 0.15) is 5.82 Å². The molecule has 22 heavy (non-hydrogen) atoms. The molecule has 0 amide bonds. The third kappa shape index (κ3) is 3.73. The summed E-state index contributed by atoms with van der Waals surface area (Å²) in [6, 6.07) is 11.1. The fraction of sp³-hybridized carbons (Fsp3) is 0.188. The molecule has 1 N–H and O–H groups in total. The van der Waals surface area contributed by atoms with E-state index in [1.807, 2.05) is 0 Å². The van der Waals surface area contributed by atoms with Crippen LogP contribution in [0.15, 0.2) is 48.5 Å². The molecular weight excluding hydrogens is 287 g/mol. The van der Waals surface area contributed by atoms with E-state index in [1.54, 1.807) is 25.1 Å². The molecule has 0 saturated heterocycles. The number of rotatable bonds is 6. The summed E-state index contributed by atoms with van der Waals surface area (Å²) in [4.78, 5) is 22.7. The van der Waals surface area contributed by atoms with Crippen LogP contribution in [0, 0.1) is 15.9 Å². The highest BCUT2D eigenvalue weighted by molar-refractivity contribution is 5.99. The SMILES string of the molecule is CC(NCc1ccccc1[N+](=O)[O-])C(=O)c1ccc(F)cc1. The van der Waals surface area contributed by atoms with E-state index in [-0.39, 0.29) is 18.0 Å². The average Bonchev–Trinajstić information content (AvgIpc) is 2.52. The van der Waals surface area contributed by atoms with Crippen molar-refractivity contribution in [3.05, 3.63) is 75.6 Å². The zero-order chi connectivity index (χ0) is 16.1. The molecule has 1 unspecified atom stereocenters. The molecule has 114 valence electrons. The molecule has 0 aliphatic carbocycles. The third-order valence-electron chi connectivity index (χ3n) is 3.31. The molecule has 0 saturated carbocycles. The number of benzene rings is 2. The second-order valence-electron chi connectivity index (χ2n) is 4.86. The van der Waals surface area contributed by atoms with Crippen molar-refractivity contribution >= 4 is 11.5 Å². The van der Waals surface area contributed by atoms with Crippen LogP contribution in [-0.2, 0) is 6.54 Å². The molecule has 5 nitrogen and oxygen atoms in total. The lowest BCUT2D eigenvalue weighted by atomic mass is 10.0. The van der Waals surface area contributed by atoms with Crippen molar-refractivity contribution in [1.82, 2.24) is 5.32 Å². The third-order valence-corrected chi connectivity index (χ3v) is 3.31. The zero-order valence-corrected chi connectivity index (χ0v) is 12.0. The number of ketones is 1. The van der Waals surface area contributed by atoms with Gasteiger partial charge in [0.05, 0.1) is 11.0 Å². The van der Waals surface area contributed by atoms with Crippen LogP contribution in [0.2, 0.25) is 0 Å². The number of Topliss-reactive ketones (excluding diaryl/α,β-unsaturated/α-hetero) is 1. The summed E-state index contributed by atoms with van der Waals surface area (Å²) < 4.78 is 12.8. The highest BCUT2D eigenvalue weighted by Crippen LogP contribution is 2.17. The smallest absolute Gasteiger partial charge is 0.273 e. The van der Waals surface area contributed by atoms with Crippen LogP contribution in [0.5, 0.6) is 0 Å². The van der Waals surface area contributed by atoms with Crippen LogP contribution in [0.3, 0.4) is 0 Å². The van der Waals surface area contributed by atoms with Gasteiger partial charge in [-0.2, -0.15) is 0 Å². The predicted octanol–water partition coefficient (Wildman–Crippen LogP) is 3.09. The second-order valence-corrected chi connectivity index (χ2v) is 4.86. The molecule has 1 atom stereocenters. The quantitative estimate of drug-likeness (QED) is 0.505. The summed E-state index contributed by atoms with van der Waals surface area (Å²) >= 11 is 0. The molecule has 0 aliphatic rings. The summed E-state index contributed by atoms with van der Waals surface area (Å²) in [6.45, 7) is 1.87. The summed E-state index contributed by atoms with van der Waals surface area (Å²) in [5, 5.41) is 13.9. The Hall–Kier alpha value is -2.60. The molecule has 2 aromatic rings. The van der Waals surface area contributed by atoms with Gasteiger partial charge in [0, 0.05) is 23.7 Å². The van der Waals surface area contributed by atoms with Gasteiger partial charge >= 0.3 is 0 Å². The van der Waals surface area contributed by atoms with Crippen molar-refractivity contribution in [3.8, 4) is 0 Å². The standard InChI is InChI=1S/C16H15FN2O3/c1-11(16(20)12-6-8-14(17)9-7-12)18-10-13-4-2-3-5-15(13)19(21)22/h2-9,11,18H,10H2,1H3. The van der Waals surface area contributed by atoms with E-state index in [0.29, 0.717) is 11.1 Å². The Bertz CT molecular complexity index is 686. The second kappa shape index (κ2) is 6.91. The van der Waals surface area contributed by atoms with Crippen LogP contribution in [0.25, 0.3) is 0 Å². The largest absolute Gasteiger partial charge is 0.303 e. The lowest BCUT2D eigenvalue weighted by Crippen LogP contribution is -2.33. The van der Waals surface area contributed by atoms with Gasteiger partial charge in [-0.05, 0) is 31.2 Å². The van der Waals surface area contributed by atoms with Crippen molar-refractivity contribution in [3.63, 3.8) is 0 Å². The lowest BCUT2D eigenvalue weighted by Gasteiger charge is -2.13. The molecule has 2 aromatic carbocycles. The molecule has 2 rings (SSSR count). The first-order valence-corrected chi connectivity index (χ1v) is 6.74. The topological polar surface area (TPSA) is 72.2 Å². The molecule has 6 heteroatoms. The van der Waals surface area contributed by atoms with E-state index < -0.39 is 16.8 Å². The number of nitro groups is 1. The van der Waals surface area contributed by atoms with Gasteiger partial charge in [-0.25, -0.2) is 4.39 Å². The Balaban J connectivity index is 2.04. The minimum Gasteiger partial charge on any atom is -0.303 e. The van der Waals surface area contributed by atoms with Crippen LogP contribution in [0.4, 0.5) is 10.1 Å². The van der Waals surface area contributed by atoms with Gasteiger partial charge < -0.3 is 5.32 Å². The van der Waals surface area contributed by atoms with E-state index in [0.717, 1.165) is 0 Å². The monoisotopic (exact) mass is 302 g/mol. The van der Waals surface area contributed by atoms with Gasteiger partial charge in [0.25, 0.3) is 5.69 Å². The lowest BCUT2D eigenvalue weighted by molar-refractivity contribution is -0.385. The van der Waals surface area contributed by atoms with Crippen LogP contribution < -0.4 is 5.32 Å². The van der Waals surface area contributed by atoms with Gasteiger partial charge in [-0.3, -0.25) is 14.9 Å². The molecular formula is C16H15FN2O3. The highest BCUT2D eigenvalue weighted by atomic mass is 19.1. The number of hydrogen-bond donors (Lipinski definition) is 1. The summed E-state index contributed by atoms with van der Waals surface area (Å²) in [7, 11) is 0.